The van der Waals surface area contributed by atoms with Gasteiger partial charge in [0.2, 0.25) is 0 Å². The van der Waals surface area contributed by atoms with Crippen LogP contribution in [0, 0.1) is 13.8 Å². The van der Waals surface area contributed by atoms with Crippen LogP contribution in [0.4, 0.5) is 0 Å². The molecule has 0 saturated heterocycles. The number of methoxy groups -OCH3 is 2. The summed E-state index contributed by atoms with van der Waals surface area (Å²) in [5, 5.41) is 5.32. The van der Waals surface area contributed by atoms with Gasteiger partial charge in [0, 0.05) is 0 Å². The van der Waals surface area contributed by atoms with Gasteiger partial charge in [0.1, 0.15) is 11.5 Å². The van der Waals surface area contributed by atoms with Gasteiger partial charge in [-0.05, 0) is 48.2 Å². The van der Waals surface area contributed by atoms with E-state index in [9.17, 15) is 0 Å². The predicted octanol–water partition coefficient (Wildman–Crippen LogP) is 11.5. The van der Waals surface area contributed by atoms with Crippen LogP contribution in [0.3, 0.4) is 0 Å². The molecule has 0 bridgehead atoms. The molecule has 0 aliphatic carbocycles. The van der Waals surface area contributed by atoms with E-state index in [1.807, 2.05) is 24.3 Å². The predicted molar refractivity (Wildman–Crippen MR) is 192 cm³/mol. The maximum Gasteiger partial charge on any atom is 4.00 e. The molecule has 0 aliphatic heterocycles. The topological polar surface area (TPSA) is 18.5 Å². The Labute approximate surface area is 295 Å². The molecule has 0 aliphatic rings. The van der Waals surface area contributed by atoms with Gasteiger partial charge in [-0.2, -0.15) is 12.1 Å². The van der Waals surface area contributed by atoms with Crippen LogP contribution in [0.15, 0.2) is 109 Å². The molecular weight excluding hydrogens is 750 g/mol. The van der Waals surface area contributed by atoms with Crippen LogP contribution in [0.25, 0.3) is 43.8 Å². The summed E-state index contributed by atoms with van der Waals surface area (Å²) < 4.78 is 10.4. The Kier molecular flexibility index (Phi) is 17.4. The quantitative estimate of drug-likeness (QED) is 0.124. The molecule has 0 amide bonds. The van der Waals surface area contributed by atoms with Crippen molar-refractivity contribution in [1.82, 2.24) is 0 Å². The first-order chi connectivity index (χ1) is 20.0. The third-order valence-corrected chi connectivity index (χ3v) is 7.24. The Balaban J connectivity index is 0.000000380. The third-order valence-electron chi connectivity index (χ3n) is 7.24. The van der Waals surface area contributed by atoms with Gasteiger partial charge in [-0.1, -0.05) is 61.4 Å². The smallest absolute Gasteiger partial charge is 0.497 e. The van der Waals surface area contributed by atoms with Gasteiger partial charge in [-0.15, -0.1) is 93.9 Å². The van der Waals surface area contributed by atoms with E-state index in [1.165, 1.54) is 54.9 Å². The Hall–Kier alpha value is -2.85. The summed E-state index contributed by atoms with van der Waals surface area (Å²) in [6.45, 7) is 11.1. The van der Waals surface area contributed by atoms with E-state index in [4.69, 9.17) is 9.47 Å². The van der Waals surface area contributed by atoms with Crippen molar-refractivity contribution in [3.63, 3.8) is 0 Å². The van der Waals surface area contributed by atoms with Gasteiger partial charge in [0.25, 0.3) is 0 Å². The second-order valence-corrected chi connectivity index (χ2v) is 9.86. The van der Waals surface area contributed by atoms with Crippen molar-refractivity contribution in [3.8, 4) is 33.8 Å². The summed E-state index contributed by atoms with van der Waals surface area (Å²) in [6.07, 6.45) is 2.91. The van der Waals surface area contributed by atoms with Gasteiger partial charge >= 0.3 is 25.8 Å². The second kappa shape index (κ2) is 19.5. The number of hydrogen-bond acceptors (Lipinski definition) is 2. The first kappa shape index (κ1) is 39.2. The normalized spacial score (nSPS) is 9.77. The largest absolute Gasteiger partial charge is 4.00 e. The molecule has 6 rings (SSSR count). The second-order valence-electron chi connectivity index (χ2n) is 9.86. The molecule has 6 aromatic rings. The van der Waals surface area contributed by atoms with E-state index >= 15 is 0 Å². The molecule has 0 radical (unpaired) electrons. The number of rotatable bonds is 6. The minimum Gasteiger partial charge on any atom is -0.497 e. The van der Waals surface area contributed by atoms with Gasteiger partial charge < -0.3 is 29.7 Å². The Morgan fingerprint density at radius 1 is 0.568 bits per heavy atom. The van der Waals surface area contributed by atoms with E-state index in [1.54, 1.807) is 14.2 Å². The summed E-state index contributed by atoms with van der Waals surface area (Å²) >= 11 is 0. The molecule has 44 heavy (non-hydrogen) atoms. The fraction of sp³-hybridized carbons (Fsp3) is 0.179. The number of aryl methyl sites for hydroxylation is 2. The van der Waals surface area contributed by atoms with Crippen LogP contribution < -0.4 is 9.47 Å². The monoisotopic (exact) mass is 792 g/mol. The molecule has 0 heterocycles. The maximum absolute atomic E-state index is 5.21. The van der Waals surface area contributed by atoms with E-state index in [-0.39, 0.29) is 50.7 Å². The fourth-order valence-corrected chi connectivity index (χ4v) is 5.05. The van der Waals surface area contributed by atoms with Crippen LogP contribution in [0.1, 0.15) is 31.4 Å². The number of benzene rings is 4. The molecule has 5 heteroatoms. The first-order valence-electron chi connectivity index (χ1n) is 14.3. The van der Waals surface area contributed by atoms with Gasteiger partial charge in [-0.25, -0.2) is 0 Å². The van der Waals surface area contributed by atoms with Crippen LogP contribution in [0.2, 0.25) is 0 Å². The summed E-state index contributed by atoms with van der Waals surface area (Å²) in [4.78, 5) is 0. The zero-order valence-electron chi connectivity index (χ0n) is 26.1. The summed E-state index contributed by atoms with van der Waals surface area (Å²) in [6, 6.07) is 38.7. The molecule has 0 spiro atoms. The Morgan fingerprint density at radius 2 is 0.909 bits per heavy atom. The summed E-state index contributed by atoms with van der Waals surface area (Å²) in [5.41, 5.74) is 7.85. The summed E-state index contributed by atoms with van der Waals surface area (Å²) in [5.74, 6) is 1.79. The van der Waals surface area contributed by atoms with E-state index in [0.29, 0.717) is 0 Å². The number of ether oxygens (including phenoxy) is 2. The van der Waals surface area contributed by atoms with Crippen molar-refractivity contribution < 1.29 is 35.3 Å². The average molecular weight is 792 g/mol. The molecule has 228 valence electrons. The zero-order chi connectivity index (χ0) is 29.2. The molecule has 0 fully saturated rings. The minimum absolute atomic E-state index is 0. The average Bonchev–Trinajstić information content (AvgIpc) is 3.66. The Morgan fingerprint density at radius 3 is 1.20 bits per heavy atom. The molecule has 0 unspecified atom stereocenters. The van der Waals surface area contributed by atoms with E-state index < -0.39 is 0 Å². The third kappa shape index (κ3) is 9.57. The Bertz CT molecular complexity index is 1540. The number of hydrogen-bond donors (Lipinski definition) is 0. The summed E-state index contributed by atoms with van der Waals surface area (Å²) in [7, 11) is 3.39. The van der Waals surface area contributed by atoms with Crippen molar-refractivity contribution in [2.75, 3.05) is 14.2 Å². The molecule has 0 saturated carbocycles. The minimum atomic E-state index is 0. The van der Waals surface area contributed by atoms with Crippen LogP contribution in [-0.4, -0.2) is 14.2 Å². The van der Waals surface area contributed by atoms with Crippen molar-refractivity contribution in [2.45, 2.75) is 33.1 Å². The van der Waals surface area contributed by atoms with Gasteiger partial charge in [0.05, 0.1) is 14.2 Å². The number of fused-ring (bicyclic) bond motifs is 2. The number of halogens is 2. The van der Waals surface area contributed by atoms with Crippen LogP contribution in [-0.2, 0) is 38.7 Å². The van der Waals surface area contributed by atoms with Crippen molar-refractivity contribution in [2.24, 2.45) is 0 Å². The molecule has 0 atom stereocenters. The van der Waals surface area contributed by atoms with Gasteiger partial charge in [-0.3, -0.25) is 0 Å². The molecule has 0 aromatic heterocycles. The van der Waals surface area contributed by atoms with Crippen LogP contribution in [0.5, 0.6) is 11.5 Å². The van der Waals surface area contributed by atoms with E-state index in [2.05, 4.69) is 113 Å². The standard InChI is InChI=1S/2C18H17O.C3H6.2ClH.Hf/c2*1-3-13-11-15-5-4-6-17(18(15)12-13)14-7-9-16(19-2)10-8-14;1-3-2;;;/h2*4-12H,3H2,1-2H3;1-3H2;2*1H;/q2*-1;-2;;;+4. The van der Waals surface area contributed by atoms with Crippen molar-refractivity contribution in [3.05, 3.63) is 134 Å². The molecule has 2 nitrogen and oxygen atoms in total. The maximum atomic E-state index is 5.21. The molecule has 6 aromatic carbocycles. The van der Waals surface area contributed by atoms with E-state index in [0.717, 1.165) is 30.8 Å². The van der Waals surface area contributed by atoms with Gasteiger partial charge in [0.15, 0.2) is 0 Å². The van der Waals surface area contributed by atoms with Crippen molar-refractivity contribution in [1.29, 1.82) is 0 Å². The molecular formula is C39H42Cl2HfO2. The molecule has 0 N–H and O–H groups in total. The first-order valence-corrected chi connectivity index (χ1v) is 14.3. The van der Waals surface area contributed by atoms with Crippen LogP contribution >= 0.6 is 24.8 Å². The SMILES string of the molecule is CCc1cc2c(-c3ccc(OC)cc3)cccc2[cH-]1.CCc1cc2c(-c3ccc(OC)cc3)cccc2[cH-]1.Cl.Cl.[CH2-]C[CH2-].[Hf+4]. The fourth-order valence-electron chi connectivity index (χ4n) is 5.05. The van der Waals surface area contributed by atoms with Crippen molar-refractivity contribution >= 4 is 46.4 Å². The zero-order valence-corrected chi connectivity index (χ0v) is 31.3.